The third-order valence-corrected chi connectivity index (χ3v) is 9.44. The molecule has 1 aromatic carbocycles. The molecule has 1 aliphatic rings. The molecule has 0 bridgehead atoms. The Balaban J connectivity index is 2.16. The van der Waals surface area contributed by atoms with E-state index in [1.807, 2.05) is 5.32 Å². The molecule has 2 rings (SSSR count). The van der Waals surface area contributed by atoms with E-state index in [1.54, 1.807) is 30.3 Å². The van der Waals surface area contributed by atoms with Crippen molar-refractivity contribution in [3.8, 4) is 0 Å². The van der Waals surface area contributed by atoms with E-state index in [0.29, 0.717) is 5.56 Å². The minimum atomic E-state index is -1.95. The Morgan fingerprint density at radius 3 is 1.73 bits per heavy atom. The molecule has 0 spiro atoms. The summed E-state index contributed by atoms with van der Waals surface area (Å²) in [5, 5.41) is 60.0. The summed E-state index contributed by atoms with van der Waals surface area (Å²) in [5.41, 5.74) is 6.10. The number of hydrogen-bond acceptors (Lipinski definition) is 13. The van der Waals surface area contributed by atoms with Gasteiger partial charge in [-0.25, -0.2) is 4.79 Å². The first-order valence-electron chi connectivity index (χ1n) is 19.5. The summed E-state index contributed by atoms with van der Waals surface area (Å²) in [5.74, 6) is -15.5. The summed E-state index contributed by atoms with van der Waals surface area (Å²) < 4.78 is 0. The molecule has 0 aliphatic carbocycles. The molecule has 1 saturated heterocycles. The average Bonchev–Trinajstić information content (AvgIpc) is 3.69. The molecule has 0 unspecified atom stereocenters. The van der Waals surface area contributed by atoms with E-state index in [0.717, 1.165) is 4.90 Å². The number of carboxylic acid groups (broad SMARTS) is 5. The number of nitrogens with one attached hydrogen (secondary N) is 6. The Hall–Kier alpha value is -7.18. The van der Waals surface area contributed by atoms with Gasteiger partial charge in [-0.15, -0.1) is 0 Å². The van der Waals surface area contributed by atoms with Crippen LogP contribution in [0.5, 0.6) is 0 Å². The molecule has 63 heavy (non-hydrogen) atoms. The zero-order valence-electron chi connectivity index (χ0n) is 34.2. The quantitative estimate of drug-likeness (QED) is 0.0423. The molecule has 7 atom stereocenters. The summed E-state index contributed by atoms with van der Waals surface area (Å²) >= 11 is 0. The lowest BCUT2D eigenvalue weighted by Crippen LogP contribution is -2.59. The number of likely N-dealkylation sites (tertiary alicyclic amines) is 1. The van der Waals surface area contributed by atoms with Crippen LogP contribution in [-0.2, 0) is 64.0 Å². The number of benzene rings is 1. The fraction of sp³-hybridized carbons (Fsp3) is 0.526. The van der Waals surface area contributed by atoms with E-state index in [1.165, 1.54) is 13.8 Å². The van der Waals surface area contributed by atoms with Crippen LogP contribution in [0.4, 0.5) is 0 Å². The van der Waals surface area contributed by atoms with Gasteiger partial charge >= 0.3 is 29.8 Å². The van der Waals surface area contributed by atoms with Gasteiger partial charge in [0.2, 0.25) is 41.4 Å². The molecule has 13 N–H and O–H groups in total. The van der Waals surface area contributed by atoms with Crippen molar-refractivity contribution in [1.29, 1.82) is 0 Å². The molecule has 25 nitrogen and oxygen atoms in total. The summed E-state index contributed by atoms with van der Waals surface area (Å²) in [6.45, 7) is 2.09. The van der Waals surface area contributed by atoms with Crippen molar-refractivity contribution in [3.63, 3.8) is 0 Å². The van der Waals surface area contributed by atoms with Crippen LogP contribution in [0, 0.1) is 5.92 Å². The molecule has 1 aliphatic heterocycles. The monoisotopic (exact) mass is 892 g/mol. The maximum absolute atomic E-state index is 13.8. The van der Waals surface area contributed by atoms with Gasteiger partial charge in [0.15, 0.2) is 0 Å². The smallest absolute Gasteiger partial charge is 0.326 e. The highest BCUT2D eigenvalue weighted by Crippen LogP contribution is 2.20. The lowest BCUT2D eigenvalue weighted by molar-refractivity contribution is -0.145. The van der Waals surface area contributed by atoms with Crippen molar-refractivity contribution < 1.29 is 83.1 Å². The molecule has 0 aromatic heterocycles. The van der Waals surface area contributed by atoms with Gasteiger partial charge in [0.25, 0.3) is 0 Å². The number of carboxylic acids is 5. The first-order valence-corrected chi connectivity index (χ1v) is 19.5. The van der Waals surface area contributed by atoms with Crippen molar-refractivity contribution >= 4 is 71.2 Å². The molecule has 0 radical (unpaired) electrons. The van der Waals surface area contributed by atoms with E-state index in [-0.39, 0.29) is 25.8 Å². The molecule has 25 heteroatoms. The minimum Gasteiger partial charge on any atom is -0.481 e. The third kappa shape index (κ3) is 17.8. The van der Waals surface area contributed by atoms with Gasteiger partial charge in [0.1, 0.15) is 36.3 Å². The van der Waals surface area contributed by atoms with Crippen molar-refractivity contribution in [2.75, 3.05) is 13.1 Å². The lowest BCUT2D eigenvalue weighted by Gasteiger charge is -2.30. The lowest BCUT2D eigenvalue weighted by atomic mass is 10.0. The molecule has 1 aromatic rings. The fourth-order valence-electron chi connectivity index (χ4n) is 6.26. The molecule has 7 amide bonds. The van der Waals surface area contributed by atoms with Crippen LogP contribution < -0.4 is 37.6 Å². The fourth-order valence-corrected chi connectivity index (χ4v) is 6.26. The second kappa shape index (κ2) is 24.9. The molecular weight excluding hydrogens is 840 g/mol. The Kier molecular flexibility index (Phi) is 20.6. The van der Waals surface area contributed by atoms with Gasteiger partial charge in [-0.3, -0.25) is 52.7 Å². The van der Waals surface area contributed by atoms with Crippen molar-refractivity contribution in [2.45, 2.75) is 108 Å². The van der Waals surface area contributed by atoms with Gasteiger partial charge in [-0.2, -0.15) is 0 Å². The number of rotatable bonds is 26. The zero-order valence-corrected chi connectivity index (χ0v) is 34.2. The van der Waals surface area contributed by atoms with Crippen LogP contribution in [0.15, 0.2) is 30.3 Å². The van der Waals surface area contributed by atoms with Crippen LogP contribution in [-0.4, -0.2) is 157 Å². The normalized spacial score (nSPS) is 16.1. The Labute approximate surface area is 358 Å². The summed E-state index contributed by atoms with van der Waals surface area (Å²) in [7, 11) is 0. The van der Waals surface area contributed by atoms with Gasteiger partial charge < -0.3 is 68.1 Å². The first kappa shape index (κ1) is 52.0. The standard InChI is InChI=1S/C38H52N8O17/c1-18(2)31(45-32(56)20(39)14-28(50)51)36(60)42-21(10-11-27(48)49)37(61)46-12-6-9-25(46)35(59)40-17-26(47)41-22(15-29(52)53)33(57)43-23(16-30(54)55)34(58)44-24(38(62)63)13-19-7-4-3-5-8-19/h3-5,7-8,18,20-25,31H,6,9-17,39H2,1-2H3,(H,40,59)(H,41,47)(H,42,60)(H,43,57)(H,44,58)(H,45,56)(H,48,49)(H,50,51)(H,52,53)(H,54,55)(H,62,63)/t20-,21-,22-,23-,24-,25-,31-/m0/s1. The Morgan fingerprint density at radius 1 is 0.667 bits per heavy atom. The molecule has 1 fully saturated rings. The second-order valence-electron chi connectivity index (χ2n) is 14.8. The highest BCUT2D eigenvalue weighted by atomic mass is 16.4. The van der Waals surface area contributed by atoms with E-state index in [2.05, 4.69) is 26.6 Å². The molecular formula is C38H52N8O17. The van der Waals surface area contributed by atoms with Crippen LogP contribution in [0.3, 0.4) is 0 Å². The Morgan fingerprint density at radius 2 is 1.21 bits per heavy atom. The predicted octanol–water partition coefficient (Wildman–Crippen LogP) is -3.88. The largest absolute Gasteiger partial charge is 0.481 e. The molecule has 1 heterocycles. The second-order valence-corrected chi connectivity index (χ2v) is 14.8. The molecule has 0 saturated carbocycles. The first-order chi connectivity index (χ1) is 29.5. The highest BCUT2D eigenvalue weighted by molar-refractivity contribution is 5.98. The van der Waals surface area contributed by atoms with E-state index in [4.69, 9.17) is 10.8 Å². The number of aliphatic carboxylic acids is 5. The Bertz CT molecular complexity index is 1890. The van der Waals surface area contributed by atoms with Crippen LogP contribution in [0.2, 0.25) is 0 Å². The average molecular weight is 893 g/mol. The highest BCUT2D eigenvalue weighted by Gasteiger charge is 2.39. The van der Waals surface area contributed by atoms with Crippen molar-refractivity contribution in [2.24, 2.45) is 11.7 Å². The summed E-state index contributed by atoms with van der Waals surface area (Å²) in [4.78, 5) is 151. The van der Waals surface area contributed by atoms with Gasteiger partial charge in [-0.1, -0.05) is 44.2 Å². The predicted molar refractivity (Wildman–Crippen MR) is 212 cm³/mol. The van der Waals surface area contributed by atoms with E-state index in [9.17, 15) is 78.0 Å². The summed E-state index contributed by atoms with van der Waals surface area (Å²) in [6.07, 6.45) is -3.93. The summed E-state index contributed by atoms with van der Waals surface area (Å²) in [6, 6.07) is -3.09. The van der Waals surface area contributed by atoms with Gasteiger partial charge in [-0.05, 0) is 30.7 Å². The number of nitrogens with two attached hydrogens (primary N) is 1. The third-order valence-electron chi connectivity index (χ3n) is 9.44. The van der Waals surface area contributed by atoms with Crippen molar-refractivity contribution in [1.82, 2.24) is 36.8 Å². The number of carbonyl (C=O) groups excluding carboxylic acids is 7. The minimum absolute atomic E-state index is 0.0378. The van der Waals surface area contributed by atoms with E-state index < -0.39 is 158 Å². The van der Waals surface area contributed by atoms with Crippen LogP contribution in [0.25, 0.3) is 0 Å². The van der Waals surface area contributed by atoms with Crippen LogP contribution in [0.1, 0.15) is 64.4 Å². The molecule has 346 valence electrons. The zero-order chi connectivity index (χ0) is 47.6. The van der Waals surface area contributed by atoms with E-state index >= 15 is 0 Å². The maximum atomic E-state index is 13.8. The van der Waals surface area contributed by atoms with Crippen LogP contribution >= 0.6 is 0 Å². The van der Waals surface area contributed by atoms with Crippen molar-refractivity contribution in [3.05, 3.63) is 35.9 Å². The van der Waals surface area contributed by atoms with Gasteiger partial charge in [0.05, 0.1) is 31.8 Å². The topological polar surface area (TPSA) is 407 Å². The maximum Gasteiger partial charge on any atom is 0.326 e. The number of nitrogens with zero attached hydrogens (tertiary/aromatic N) is 1. The van der Waals surface area contributed by atoms with Gasteiger partial charge in [0, 0.05) is 19.4 Å². The number of hydrogen-bond donors (Lipinski definition) is 12. The SMILES string of the molecule is CC(C)[C@H](NC(=O)[C@@H](N)CC(=O)O)C(=O)N[C@@H](CCC(=O)O)C(=O)N1CCC[C@H]1C(=O)NCC(=O)N[C@@H](CC(=O)O)C(=O)N[C@@H](CC(=O)O)C(=O)N[C@@H](Cc1ccccc1)C(=O)O. The number of carbonyl (C=O) groups is 12. The number of amides is 7.